The number of rotatable bonds is 7. The summed E-state index contributed by atoms with van der Waals surface area (Å²) in [6, 6.07) is 13.8. The third-order valence-electron chi connectivity index (χ3n) is 4.98. The van der Waals surface area contributed by atoms with Gasteiger partial charge in [-0.2, -0.15) is 0 Å². The molecule has 2 aromatic heterocycles. The molecule has 1 unspecified atom stereocenters. The van der Waals surface area contributed by atoms with Gasteiger partial charge in [0, 0.05) is 37.6 Å². The highest BCUT2D eigenvalue weighted by molar-refractivity contribution is 8.00. The Morgan fingerprint density at radius 1 is 1.10 bits per heavy atom. The highest BCUT2D eigenvalue weighted by Gasteiger charge is 2.30. The summed E-state index contributed by atoms with van der Waals surface area (Å²) < 4.78 is 7.52. The Bertz CT molecular complexity index is 958. The molecule has 0 saturated carbocycles. The topological polar surface area (TPSA) is 73.1 Å². The number of hydrogen-bond acceptors (Lipinski definition) is 6. The monoisotopic (exact) mass is 423 g/mol. The summed E-state index contributed by atoms with van der Waals surface area (Å²) in [4.78, 5) is 19.4. The molecule has 1 aliphatic rings. The quantitative estimate of drug-likeness (QED) is 0.542. The number of pyridine rings is 1. The number of aromatic nitrogens is 4. The van der Waals surface area contributed by atoms with E-state index in [-0.39, 0.29) is 11.2 Å². The van der Waals surface area contributed by atoms with Crippen LogP contribution in [0.2, 0.25) is 0 Å². The Balaban J connectivity index is 1.67. The molecule has 1 aliphatic heterocycles. The van der Waals surface area contributed by atoms with E-state index in [1.807, 2.05) is 47.4 Å². The Hall–Kier alpha value is -2.71. The summed E-state index contributed by atoms with van der Waals surface area (Å²) >= 11 is 1.47. The average Bonchev–Trinajstić information content (AvgIpc) is 3.21. The zero-order chi connectivity index (χ0) is 20.8. The van der Waals surface area contributed by atoms with E-state index in [0.717, 1.165) is 35.1 Å². The molecule has 1 atom stereocenters. The van der Waals surface area contributed by atoms with Crippen LogP contribution in [-0.4, -0.2) is 56.9 Å². The lowest BCUT2D eigenvalue weighted by molar-refractivity contribution is -0.134. The molecule has 0 aliphatic carbocycles. The molecule has 1 amide bonds. The molecule has 7 nitrogen and oxygen atoms in total. The van der Waals surface area contributed by atoms with E-state index >= 15 is 0 Å². The third-order valence-corrected chi connectivity index (χ3v) is 6.20. The van der Waals surface area contributed by atoms with Gasteiger partial charge in [-0.1, -0.05) is 49.0 Å². The van der Waals surface area contributed by atoms with Crippen LogP contribution in [0, 0.1) is 0 Å². The molecule has 1 fully saturated rings. The fraction of sp³-hybridized carbons (Fsp3) is 0.364. The predicted octanol–water partition coefficient (Wildman–Crippen LogP) is 3.44. The summed E-state index contributed by atoms with van der Waals surface area (Å²) in [5.41, 5.74) is 1.93. The summed E-state index contributed by atoms with van der Waals surface area (Å²) in [6.07, 6.45) is 4.45. The van der Waals surface area contributed by atoms with E-state index in [1.165, 1.54) is 11.8 Å². The van der Waals surface area contributed by atoms with Crippen LogP contribution in [0.4, 0.5) is 0 Å². The lowest BCUT2D eigenvalue weighted by Crippen LogP contribution is -2.42. The highest BCUT2D eigenvalue weighted by Crippen LogP contribution is 2.37. The van der Waals surface area contributed by atoms with Crippen molar-refractivity contribution in [1.29, 1.82) is 0 Å². The predicted molar refractivity (Wildman–Crippen MR) is 116 cm³/mol. The molecule has 8 heteroatoms. The van der Waals surface area contributed by atoms with Crippen molar-refractivity contribution in [2.45, 2.75) is 30.3 Å². The normalized spacial score (nSPS) is 15.2. The first kappa shape index (κ1) is 20.6. The van der Waals surface area contributed by atoms with E-state index in [1.54, 1.807) is 12.4 Å². The van der Waals surface area contributed by atoms with Crippen molar-refractivity contribution in [2.75, 3.05) is 26.3 Å². The molecule has 1 aromatic carbocycles. The van der Waals surface area contributed by atoms with Gasteiger partial charge in [-0.3, -0.25) is 9.78 Å². The molecule has 3 heterocycles. The van der Waals surface area contributed by atoms with Crippen LogP contribution < -0.4 is 0 Å². The van der Waals surface area contributed by atoms with E-state index in [0.29, 0.717) is 26.3 Å². The molecule has 156 valence electrons. The zero-order valence-corrected chi connectivity index (χ0v) is 17.8. The van der Waals surface area contributed by atoms with Crippen molar-refractivity contribution in [3.05, 3.63) is 60.4 Å². The zero-order valence-electron chi connectivity index (χ0n) is 17.0. The van der Waals surface area contributed by atoms with Crippen LogP contribution in [0.5, 0.6) is 0 Å². The second-order valence-corrected chi connectivity index (χ2v) is 8.11. The second kappa shape index (κ2) is 9.86. The van der Waals surface area contributed by atoms with Crippen molar-refractivity contribution in [3.63, 3.8) is 0 Å². The van der Waals surface area contributed by atoms with E-state index in [2.05, 4.69) is 26.7 Å². The molecule has 0 radical (unpaired) electrons. The first-order valence-corrected chi connectivity index (χ1v) is 11.1. The largest absolute Gasteiger partial charge is 0.378 e. The summed E-state index contributed by atoms with van der Waals surface area (Å²) in [6.45, 7) is 5.30. The van der Waals surface area contributed by atoms with Crippen molar-refractivity contribution in [1.82, 2.24) is 24.6 Å². The van der Waals surface area contributed by atoms with Gasteiger partial charge in [0.15, 0.2) is 11.0 Å². The van der Waals surface area contributed by atoms with Crippen molar-refractivity contribution in [2.24, 2.45) is 0 Å². The van der Waals surface area contributed by atoms with Crippen LogP contribution in [-0.2, 0) is 16.1 Å². The maximum atomic E-state index is 13.4. The minimum absolute atomic E-state index is 0.0889. The van der Waals surface area contributed by atoms with Crippen LogP contribution in [0.3, 0.4) is 0 Å². The summed E-state index contributed by atoms with van der Waals surface area (Å²) in [7, 11) is 0. The maximum absolute atomic E-state index is 13.4. The Kier molecular flexibility index (Phi) is 6.76. The van der Waals surface area contributed by atoms with Gasteiger partial charge in [-0.15, -0.1) is 10.2 Å². The first-order chi connectivity index (χ1) is 14.8. The number of nitrogens with zero attached hydrogens (tertiary/aromatic N) is 5. The third kappa shape index (κ3) is 4.55. The molecule has 0 spiro atoms. The number of thioether (sulfide) groups is 1. The van der Waals surface area contributed by atoms with Crippen molar-refractivity contribution in [3.8, 4) is 11.4 Å². The fourth-order valence-electron chi connectivity index (χ4n) is 3.46. The Morgan fingerprint density at radius 3 is 2.53 bits per heavy atom. The smallest absolute Gasteiger partial charge is 0.240 e. The van der Waals surface area contributed by atoms with Gasteiger partial charge in [0.1, 0.15) is 5.25 Å². The van der Waals surface area contributed by atoms with Crippen LogP contribution >= 0.6 is 11.8 Å². The molecule has 1 saturated heterocycles. The number of morpholine rings is 1. The van der Waals surface area contributed by atoms with E-state index < -0.39 is 0 Å². The van der Waals surface area contributed by atoms with E-state index in [9.17, 15) is 4.79 Å². The second-order valence-electron chi connectivity index (χ2n) is 7.04. The summed E-state index contributed by atoms with van der Waals surface area (Å²) in [5.74, 6) is 0.887. The SMILES string of the molecule is CCCn1c(SC(C(=O)N2CCOCC2)c2ccccc2)nnc1-c1ccncc1. The number of benzene rings is 1. The first-order valence-electron chi connectivity index (χ1n) is 10.2. The highest BCUT2D eigenvalue weighted by atomic mass is 32.2. The van der Waals surface area contributed by atoms with Gasteiger partial charge >= 0.3 is 0 Å². The fourth-order valence-corrected chi connectivity index (χ4v) is 4.61. The number of ether oxygens (including phenoxy) is 1. The molecular weight excluding hydrogens is 398 g/mol. The molecular formula is C22H25N5O2S. The van der Waals surface area contributed by atoms with Gasteiger partial charge < -0.3 is 14.2 Å². The molecule has 0 bridgehead atoms. The van der Waals surface area contributed by atoms with Crippen molar-refractivity contribution < 1.29 is 9.53 Å². The van der Waals surface area contributed by atoms with Crippen LogP contribution in [0.15, 0.2) is 60.0 Å². The van der Waals surface area contributed by atoms with Crippen molar-refractivity contribution >= 4 is 17.7 Å². The molecule has 3 aromatic rings. The molecule has 0 N–H and O–H groups in total. The van der Waals surface area contributed by atoms with Gasteiger partial charge in [-0.25, -0.2) is 0 Å². The minimum atomic E-state index is -0.380. The Morgan fingerprint density at radius 2 is 1.83 bits per heavy atom. The average molecular weight is 424 g/mol. The number of carbonyl (C=O) groups is 1. The number of amides is 1. The summed E-state index contributed by atoms with van der Waals surface area (Å²) in [5, 5.41) is 9.28. The van der Waals surface area contributed by atoms with Crippen LogP contribution in [0.25, 0.3) is 11.4 Å². The van der Waals surface area contributed by atoms with E-state index in [4.69, 9.17) is 4.74 Å². The number of carbonyl (C=O) groups excluding carboxylic acids is 1. The van der Waals surface area contributed by atoms with Gasteiger partial charge in [-0.05, 0) is 24.1 Å². The van der Waals surface area contributed by atoms with Crippen LogP contribution in [0.1, 0.15) is 24.2 Å². The van der Waals surface area contributed by atoms with Gasteiger partial charge in [0.25, 0.3) is 0 Å². The number of hydrogen-bond donors (Lipinski definition) is 0. The molecule has 4 rings (SSSR count). The lowest BCUT2D eigenvalue weighted by Gasteiger charge is -2.30. The van der Waals surface area contributed by atoms with Gasteiger partial charge in [0.05, 0.1) is 13.2 Å². The van der Waals surface area contributed by atoms with Gasteiger partial charge in [0.2, 0.25) is 5.91 Å². The maximum Gasteiger partial charge on any atom is 0.240 e. The Labute approximate surface area is 180 Å². The molecule has 30 heavy (non-hydrogen) atoms. The lowest BCUT2D eigenvalue weighted by atomic mass is 10.1. The standard InChI is InChI=1S/C22H25N5O2S/c1-2-12-27-20(18-8-10-23-11-9-18)24-25-22(27)30-19(17-6-4-3-5-7-17)21(28)26-13-15-29-16-14-26/h3-11,19H,2,12-16H2,1H3. The minimum Gasteiger partial charge on any atom is -0.378 e.